The highest BCUT2D eigenvalue weighted by Crippen LogP contribution is 2.25. The quantitative estimate of drug-likeness (QED) is 0.619. The number of sulfonamides is 1. The van der Waals surface area contributed by atoms with E-state index in [1.165, 1.54) is 39.0 Å². The molecule has 1 aromatic carbocycles. The topological polar surface area (TPSA) is 110 Å². The number of hydrogen-bond donors (Lipinski definition) is 2. The Morgan fingerprint density at radius 3 is 2.47 bits per heavy atom. The van der Waals surface area contributed by atoms with Gasteiger partial charge in [0.25, 0.3) is 5.69 Å². The number of nitrogens with one attached hydrogen (secondary N) is 1. The van der Waals surface area contributed by atoms with Gasteiger partial charge < -0.3 is 5.11 Å². The molecule has 0 radical (unpaired) electrons. The molecule has 7 nitrogen and oxygen atoms in total. The molecule has 0 aliphatic rings. The van der Waals surface area contributed by atoms with Crippen molar-refractivity contribution >= 4 is 15.7 Å². The van der Waals surface area contributed by atoms with Gasteiger partial charge in [0.15, 0.2) is 0 Å². The van der Waals surface area contributed by atoms with Crippen LogP contribution < -0.4 is 4.72 Å². The van der Waals surface area contributed by atoms with E-state index in [0.29, 0.717) is 0 Å². The van der Waals surface area contributed by atoms with Crippen molar-refractivity contribution < 1.29 is 18.4 Å². The fourth-order valence-electron chi connectivity index (χ4n) is 1.54. The fourth-order valence-corrected chi connectivity index (χ4v) is 3.21. The molecule has 0 spiro atoms. The van der Waals surface area contributed by atoms with Crippen LogP contribution >= 0.6 is 0 Å². The average Bonchev–Trinajstić information content (AvgIpc) is 2.27. The number of nitrogens with zero attached hydrogens (tertiary/aromatic N) is 1. The van der Waals surface area contributed by atoms with Crippen LogP contribution in [0.2, 0.25) is 0 Å². The van der Waals surface area contributed by atoms with Crippen molar-refractivity contribution in [3.05, 3.63) is 33.9 Å². The predicted octanol–water partition coefficient (Wildman–Crippen LogP) is 0.952. The zero-order valence-corrected chi connectivity index (χ0v) is 11.7. The van der Waals surface area contributed by atoms with Gasteiger partial charge in [0, 0.05) is 11.6 Å². The van der Waals surface area contributed by atoms with E-state index >= 15 is 0 Å². The molecule has 2 N–H and O–H groups in total. The highest BCUT2D eigenvalue weighted by atomic mass is 32.2. The summed E-state index contributed by atoms with van der Waals surface area (Å²) in [5.74, 6) is 0. The van der Waals surface area contributed by atoms with Crippen LogP contribution in [-0.4, -0.2) is 30.6 Å². The van der Waals surface area contributed by atoms with Crippen LogP contribution in [0.1, 0.15) is 19.4 Å². The largest absolute Gasteiger partial charge is 0.394 e. The monoisotopic (exact) mass is 288 g/mol. The number of nitro groups is 1. The maximum absolute atomic E-state index is 12.2. The zero-order chi connectivity index (χ0) is 14.8. The third-order valence-corrected chi connectivity index (χ3v) is 4.39. The van der Waals surface area contributed by atoms with Gasteiger partial charge in [0.05, 0.1) is 22.0 Å². The van der Waals surface area contributed by atoms with Gasteiger partial charge in [-0.15, -0.1) is 0 Å². The Balaban J connectivity index is 3.31. The summed E-state index contributed by atoms with van der Waals surface area (Å²) in [6.07, 6.45) is 0. The molecule has 0 aliphatic heterocycles. The lowest BCUT2D eigenvalue weighted by Gasteiger charge is -2.23. The molecule has 1 rings (SSSR count). The van der Waals surface area contributed by atoms with Crippen molar-refractivity contribution in [2.45, 2.75) is 31.2 Å². The number of aliphatic hydroxyl groups is 1. The first kappa shape index (κ1) is 15.5. The normalized spacial score (nSPS) is 12.4. The summed E-state index contributed by atoms with van der Waals surface area (Å²) < 4.78 is 26.6. The van der Waals surface area contributed by atoms with Crippen molar-refractivity contribution in [3.8, 4) is 0 Å². The molecule has 0 atom stereocenters. The molecule has 0 unspecified atom stereocenters. The fraction of sp³-hybridized carbons (Fsp3) is 0.455. The minimum atomic E-state index is -3.93. The van der Waals surface area contributed by atoms with E-state index in [0.717, 1.165) is 0 Å². The molecule has 1 aromatic rings. The zero-order valence-electron chi connectivity index (χ0n) is 10.9. The Morgan fingerprint density at radius 1 is 1.42 bits per heavy atom. The molecule has 0 heterocycles. The molecule has 106 valence electrons. The third kappa shape index (κ3) is 3.49. The van der Waals surface area contributed by atoms with Crippen LogP contribution in [-0.2, 0) is 10.0 Å². The first-order valence-electron chi connectivity index (χ1n) is 5.49. The van der Waals surface area contributed by atoms with Crippen LogP contribution in [0.5, 0.6) is 0 Å². The summed E-state index contributed by atoms with van der Waals surface area (Å²) in [5.41, 5.74) is -1.24. The number of hydrogen-bond acceptors (Lipinski definition) is 5. The van der Waals surface area contributed by atoms with Crippen LogP contribution in [0.3, 0.4) is 0 Å². The van der Waals surface area contributed by atoms with Gasteiger partial charge in [-0.25, -0.2) is 13.1 Å². The van der Waals surface area contributed by atoms with Crippen LogP contribution in [0.4, 0.5) is 5.69 Å². The first-order valence-corrected chi connectivity index (χ1v) is 6.98. The van der Waals surface area contributed by atoms with Crippen molar-refractivity contribution in [1.29, 1.82) is 0 Å². The number of nitro benzene ring substituents is 1. The van der Waals surface area contributed by atoms with Crippen LogP contribution in [0, 0.1) is 17.0 Å². The highest BCUT2D eigenvalue weighted by molar-refractivity contribution is 7.89. The summed E-state index contributed by atoms with van der Waals surface area (Å²) in [7, 11) is -3.93. The maximum Gasteiger partial charge on any atom is 0.273 e. The Morgan fingerprint density at radius 2 is 2.00 bits per heavy atom. The standard InChI is InChI=1S/C11H16N2O5S/c1-8-9(13(15)16)5-4-6-10(8)19(17,18)12-11(2,3)7-14/h4-6,12,14H,7H2,1-3H3. The van der Waals surface area contributed by atoms with Gasteiger partial charge in [-0.05, 0) is 26.8 Å². The molecular weight excluding hydrogens is 272 g/mol. The van der Waals surface area contributed by atoms with Gasteiger partial charge in [-0.2, -0.15) is 0 Å². The summed E-state index contributed by atoms with van der Waals surface area (Å²) >= 11 is 0. The Bertz CT molecular complexity index is 595. The third-order valence-electron chi connectivity index (χ3n) is 2.55. The van der Waals surface area contributed by atoms with Crippen LogP contribution in [0.25, 0.3) is 0 Å². The average molecular weight is 288 g/mol. The number of rotatable bonds is 5. The maximum atomic E-state index is 12.2. The van der Waals surface area contributed by atoms with E-state index in [4.69, 9.17) is 5.11 Å². The summed E-state index contributed by atoms with van der Waals surface area (Å²) in [4.78, 5) is 10.00. The van der Waals surface area contributed by atoms with Gasteiger partial charge in [0.2, 0.25) is 10.0 Å². The van der Waals surface area contributed by atoms with E-state index in [1.54, 1.807) is 0 Å². The molecule has 0 saturated heterocycles. The molecule has 0 fully saturated rings. The lowest BCUT2D eigenvalue weighted by molar-refractivity contribution is -0.385. The Hall–Kier alpha value is -1.51. The minimum Gasteiger partial charge on any atom is -0.394 e. The van der Waals surface area contributed by atoms with Gasteiger partial charge in [-0.1, -0.05) is 6.07 Å². The Labute approximate surface area is 111 Å². The molecular formula is C11H16N2O5S. The molecule has 0 saturated carbocycles. The van der Waals surface area contributed by atoms with Gasteiger partial charge in [0.1, 0.15) is 0 Å². The van der Waals surface area contributed by atoms with Crippen molar-refractivity contribution in [2.75, 3.05) is 6.61 Å². The molecule has 0 amide bonds. The second kappa shape index (κ2) is 5.24. The Kier molecular flexibility index (Phi) is 4.28. The molecule has 0 aliphatic carbocycles. The lowest BCUT2D eigenvalue weighted by Crippen LogP contribution is -2.46. The predicted molar refractivity (Wildman–Crippen MR) is 69.3 cm³/mol. The summed E-state index contributed by atoms with van der Waals surface area (Å²) in [6.45, 7) is 4.01. The summed E-state index contributed by atoms with van der Waals surface area (Å²) in [5, 5.41) is 19.9. The van der Waals surface area contributed by atoms with Gasteiger partial charge >= 0.3 is 0 Å². The second-order valence-corrected chi connectivity index (χ2v) is 6.46. The number of benzene rings is 1. The van der Waals surface area contributed by atoms with E-state index in [2.05, 4.69) is 4.72 Å². The lowest BCUT2D eigenvalue weighted by atomic mass is 10.1. The van der Waals surface area contributed by atoms with Crippen molar-refractivity contribution in [2.24, 2.45) is 0 Å². The van der Waals surface area contributed by atoms with Gasteiger partial charge in [-0.3, -0.25) is 10.1 Å². The van der Waals surface area contributed by atoms with E-state index < -0.39 is 20.5 Å². The minimum absolute atomic E-state index is 0.0636. The van der Waals surface area contributed by atoms with Crippen molar-refractivity contribution in [3.63, 3.8) is 0 Å². The molecule has 19 heavy (non-hydrogen) atoms. The van der Waals surface area contributed by atoms with Crippen molar-refractivity contribution in [1.82, 2.24) is 4.72 Å². The number of aliphatic hydroxyl groups excluding tert-OH is 1. The van der Waals surface area contributed by atoms with Crippen LogP contribution in [0.15, 0.2) is 23.1 Å². The summed E-state index contributed by atoms with van der Waals surface area (Å²) in [6, 6.07) is 3.84. The second-order valence-electron chi connectivity index (χ2n) is 4.80. The highest BCUT2D eigenvalue weighted by Gasteiger charge is 2.28. The molecule has 8 heteroatoms. The smallest absolute Gasteiger partial charge is 0.273 e. The van der Waals surface area contributed by atoms with E-state index in [1.807, 2.05) is 0 Å². The van der Waals surface area contributed by atoms with E-state index in [9.17, 15) is 18.5 Å². The first-order chi connectivity index (χ1) is 8.60. The van der Waals surface area contributed by atoms with E-state index in [-0.39, 0.29) is 22.8 Å². The SMILES string of the molecule is Cc1c([N+](=O)[O-])cccc1S(=O)(=O)NC(C)(C)CO. The molecule has 0 aromatic heterocycles. The molecule has 0 bridgehead atoms.